The van der Waals surface area contributed by atoms with Gasteiger partial charge in [-0.15, -0.1) is 0 Å². The molecule has 0 aliphatic heterocycles. The lowest BCUT2D eigenvalue weighted by atomic mass is 10.2. The first-order chi connectivity index (χ1) is 10.3. The fourth-order valence-electron chi connectivity index (χ4n) is 2.04. The van der Waals surface area contributed by atoms with Crippen LogP contribution in [0.25, 0.3) is 0 Å². The molecule has 0 atom stereocenters. The number of amides is 1. The van der Waals surface area contributed by atoms with Gasteiger partial charge >= 0.3 is 0 Å². The largest absolute Gasteiger partial charge is 0.321 e. The molecule has 118 valence electrons. The summed E-state index contributed by atoms with van der Waals surface area (Å²) in [6.45, 7) is 4.31. The Kier molecular flexibility index (Phi) is 4.51. The number of hydrogen-bond acceptors (Lipinski definition) is 4. The maximum absolute atomic E-state index is 12.3. The van der Waals surface area contributed by atoms with E-state index in [4.69, 9.17) is 0 Å². The molecule has 7 nitrogen and oxygen atoms in total. The number of rotatable bonds is 5. The Labute approximate surface area is 129 Å². The zero-order valence-corrected chi connectivity index (χ0v) is 13.4. The van der Waals surface area contributed by atoms with E-state index < -0.39 is 10.0 Å². The summed E-state index contributed by atoms with van der Waals surface area (Å²) in [4.78, 5) is 12.3. The molecule has 0 unspecified atom stereocenters. The number of aryl methyl sites for hydroxylation is 2. The average Bonchev–Trinajstić information content (AvgIpc) is 2.78. The smallest absolute Gasteiger partial charge is 0.273 e. The predicted octanol–water partition coefficient (Wildman–Crippen LogP) is 1.84. The third kappa shape index (κ3) is 4.08. The molecule has 0 saturated carbocycles. The van der Waals surface area contributed by atoms with Gasteiger partial charge in [0.05, 0.1) is 17.6 Å². The fraction of sp³-hybridized carbons (Fsp3) is 0.286. The lowest BCUT2D eigenvalue weighted by molar-refractivity contribution is 0.101. The molecule has 0 fully saturated rings. The van der Waals surface area contributed by atoms with Gasteiger partial charge in [-0.3, -0.25) is 14.2 Å². The molecule has 2 rings (SSSR count). The fourth-order valence-corrected chi connectivity index (χ4v) is 2.59. The van der Waals surface area contributed by atoms with Crippen molar-refractivity contribution in [3.8, 4) is 0 Å². The number of carbonyl (C=O) groups is 1. The van der Waals surface area contributed by atoms with Crippen LogP contribution in [-0.2, 0) is 16.6 Å². The van der Waals surface area contributed by atoms with Gasteiger partial charge in [-0.05, 0) is 38.1 Å². The van der Waals surface area contributed by atoms with Crippen LogP contribution >= 0.6 is 0 Å². The molecular formula is C14H18N4O3S. The highest BCUT2D eigenvalue weighted by atomic mass is 32.2. The first kappa shape index (κ1) is 16.0. The Hall–Kier alpha value is -2.35. The van der Waals surface area contributed by atoms with Gasteiger partial charge < -0.3 is 5.32 Å². The molecule has 0 spiro atoms. The monoisotopic (exact) mass is 322 g/mol. The number of anilines is 2. The van der Waals surface area contributed by atoms with Gasteiger partial charge in [0.2, 0.25) is 10.0 Å². The van der Waals surface area contributed by atoms with E-state index in [1.165, 1.54) is 0 Å². The van der Waals surface area contributed by atoms with E-state index in [0.29, 0.717) is 23.6 Å². The molecular weight excluding hydrogens is 304 g/mol. The summed E-state index contributed by atoms with van der Waals surface area (Å²) >= 11 is 0. The SMILES string of the molecule is CCn1nc(C)cc1C(=O)Nc1cccc(NS(C)(=O)=O)c1. The van der Waals surface area contributed by atoms with E-state index in [1.807, 2.05) is 13.8 Å². The van der Waals surface area contributed by atoms with E-state index in [2.05, 4.69) is 15.1 Å². The number of hydrogen-bond donors (Lipinski definition) is 2. The van der Waals surface area contributed by atoms with Crippen molar-refractivity contribution in [1.29, 1.82) is 0 Å². The molecule has 1 amide bonds. The van der Waals surface area contributed by atoms with Crippen LogP contribution in [-0.4, -0.2) is 30.4 Å². The standard InChI is InChI=1S/C14H18N4O3S/c1-4-18-13(8-10(2)16-18)14(19)15-11-6-5-7-12(9-11)17-22(3,20)21/h5-9,17H,4H2,1-3H3,(H,15,19). The van der Waals surface area contributed by atoms with E-state index in [1.54, 1.807) is 35.0 Å². The van der Waals surface area contributed by atoms with E-state index in [9.17, 15) is 13.2 Å². The molecule has 0 aliphatic carbocycles. The number of sulfonamides is 1. The van der Waals surface area contributed by atoms with Gasteiger partial charge in [-0.1, -0.05) is 6.07 Å². The van der Waals surface area contributed by atoms with Crippen molar-refractivity contribution in [1.82, 2.24) is 9.78 Å². The Morgan fingerprint density at radius 3 is 2.59 bits per heavy atom. The topological polar surface area (TPSA) is 93.1 Å². The molecule has 1 aromatic carbocycles. The maximum Gasteiger partial charge on any atom is 0.273 e. The van der Waals surface area contributed by atoms with Crippen LogP contribution in [0, 0.1) is 6.92 Å². The van der Waals surface area contributed by atoms with Crippen LogP contribution in [0.1, 0.15) is 23.1 Å². The van der Waals surface area contributed by atoms with Crippen LogP contribution in [0.5, 0.6) is 0 Å². The van der Waals surface area contributed by atoms with Crippen molar-refractivity contribution in [2.45, 2.75) is 20.4 Å². The van der Waals surface area contributed by atoms with Crippen molar-refractivity contribution in [2.24, 2.45) is 0 Å². The lowest BCUT2D eigenvalue weighted by Crippen LogP contribution is -2.17. The second-order valence-electron chi connectivity index (χ2n) is 4.90. The first-order valence-electron chi connectivity index (χ1n) is 6.72. The third-order valence-electron chi connectivity index (χ3n) is 2.86. The summed E-state index contributed by atoms with van der Waals surface area (Å²) in [5.41, 5.74) is 2.11. The molecule has 0 radical (unpaired) electrons. The lowest BCUT2D eigenvalue weighted by Gasteiger charge is -2.09. The summed E-state index contributed by atoms with van der Waals surface area (Å²) in [5.74, 6) is -0.293. The third-order valence-corrected chi connectivity index (χ3v) is 3.46. The molecule has 1 aromatic heterocycles. The Balaban J connectivity index is 2.20. The molecule has 2 N–H and O–H groups in total. The van der Waals surface area contributed by atoms with E-state index in [0.717, 1.165) is 11.9 Å². The van der Waals surface area contributed by atoms with Gasteiger partial charge in [-0.25, -0.2) is 8.42 Å². The number of nitrogens with zero attached hydrogens (tertiary/aromatic N) is 2. The van der Waals surface area contributed by atoms with Crippen molar-refractivity contribution < 1.29 is 13.2 Å². The Morgan fingerprint density at radius 1 is 1.27 bits per heavy atom. The molecule has 8 heteroatoms. The number of nitrogens with one attached hydrogen (secondary N) is 2. The molecule has 1 heterocycles. The van der Waals surface area contributed by atoms with E-state index in [-0.39, 0.29) is 5.91 Å². The van der Waals surface area contributed by atoms with Gasteiger partial charge in [0.1, 0.15) is 5.69 Å². The van der Waals surface area contributed by atoms with Crippen molar-refractivity contribution in [3.05, 3.63) is 41.7 Å². The average molecular weight is 322 g/mol. The van der Waals surface area contributed by atoms with Crippen LogP contribution in [0.2, 0.25) is 0 Å². The van der Waals surface area contributed by atoms with Crippen molar-refractivity contribution >= 4 is 27.3 Å². The van der Waals surface area contributed by atoms with Gasteiger partial charge in [0.25, 0.3) is 5.91 Å². The molecule has 0 saturated heterocycles. The molecule has 0 aliphatic rings. The summed E-state index contributed by atoms with van der Waals surface area (Å²) in [5, 5.41) is 6.96. The molecule has 2 aromatic rings. The van der Waals surface area contributed by atoms with E-state index >= 15 is 0 Å². The maximum atomic E-state index is 12.3. The van der Waals surface area contributed by atoms with Crippen molar-refractivity contribution in [2.75, 3.05) is 16.3 Å². The van der Waals surface area contributed by atoms with Gasteiger partial charge in [0, 0.05) is 12.2 Å². The summed E-state index contributed by atoms with van der Waals surface area (Å²) in [6, 6.07) is 8.21. The Bertz CT molecular complexity index is 796. The highest BCUT2D eigenvalue weighted by Gasteiger charge is 2.13. The number of carbonyl (C=O) groups excluding carboxylic acids is 1. The Morgan fingerprint density at radius 2 is 1.95 bits per heavy atom. The molecule has 22 heavy (non-hydrogen) atoms. The quantitative estimate of drug-likeness (QED) is 0.878. The van der Waals surface area contributed by atoms with Crippen LogP contribution in [0.3, 0.4) is 0 Å². The molecule has 0 bridgehead atoms. The number of aromatic nitrogens is 2. The van der Waals surface area contributed by atoms with Crippen LogP contribution in [0.15, 0.2) is 30.3 Å². The summed E-state index contributed by atoms with van der Waals surface area (Å²) in [6.07, 6.45) is 1.07. The minimum absolute atomic E-state index is 0.293. The van der Waals surface area contributed by atoms with Crippen molar-refractivity contribution in [3.63, 3.8) is 0 Å². The van der Waals surface area contributed by atoms with Gasteiger partial charge in [-0.2, -0.15) is 5.10 Å². The second-order valence-corrected chi connectivity index (χ2v) is 6.64. The zero-order valence-electron chi connectivity index (χ0n) is 12.6. The summed E-state index contributed by atoms with van der Waals surface area (Å²) in [7, 11) is -3.36. The van der Waals surface area contributed by atoms with Gasteiger partial charge in [0.15, 0.2) is 0 Å². The zero-order chi connectivity index (χ0) is 16.3. The normalized spacial score (nSPS) is 11.2. The number of benzene rings is 1. The minimum Gasteiger partial charge on any atom is -0.321 e. The predicted molar refractivity (Wildman–Crippen MR) is 85.5 cm³/mol. The first-order valence-corrected chi connectivity index (χ1v) is 8.61. The highest BCUT2D eigenvalue weighted by Crippen LogP contribution is 2.17. The minimum atomic E-state index is -3.36. The van der Waals surface area contributed by atoms with Crippen LogP contribution in [0.4, 0.5) is 11.4 Å². The summed E-state index contributed by atoms with van der Waals surface area (Å²) < 4.78 is 26.4. The second kappa shape index (κ2) is 6.18. The van der Waals surface area contributed by atoms with Crippen LogP contribution < -0.4 is 10.0 Å². The highest BCUT2D eigenvalue weighted by molar-refractivity contribution is 7.92.